The summed E-state index contributed by atoms with van der Waals surface area (Å²) in [6.07, 6.45) is 0.934. The predicted octanol–water partition coefficient (Wildman–Crippen LogP) is 4.06. The molecule has 2 aromatic rings. The van der Waals surface area contributed by atoms with Gasteiger partial charge in [0.05, 0.1) is 5.52 Å². The predicted molar refractivity (Wildman–Crippen MR) is 73.5 cm³/mol. The molecule has 0 radical (unpaired) electrons. The van der Waals surface area contributed by atoms with Gasteiger partial charge >= 0.3 is 5.76 Å². The van der Waals surface area contributed by atoms with Gasteiger partial charge in [-0.2, -0.15) is 0 Å². The summed E-state index contributed by atoms with van der Waals surface area (Å²) < 4.78 is 6.72. The number of hydrogen-bond acceptors (Lipinski definition) is 2. The lowest BCUT2D eigenvalue weighted by Crippen LogP contribution is -2.13. The summed E-state index contributed by atoms with van der Waals surface area (Å²) in [7, 11) is 0. The van der Waals surface area contributed by atoms with E-state index in [4.69, 9.17) is 4.42 Å². The van der Waals surface area contributed by atoms with E-state index in [1.165, 1.54) is 0 Å². The number of benzene rings is 1. The molecule has 0 bridgehead atoms. The van der Waals surface area contributed by atoms with Gasteiger partial charge < -0.3 is 4.42 Å². The van der Waals surface area contributed by atoms with E-state index in [9.17, 15) is 4.79 Å². The lowest BCUT2D eigenvalue weighted by Gasteiger charge is -1.96. The highest BCUT2D eigenvalue weighted by molar-refractivity contribution is 5.72. The van der Waals surface area contributed by atoms with Crippen molar-refractivity contribution in [3.63, 3.8) is 0 Å². The van der Waals surface area contributed by atoms with Crippen molar-refractivity contribution in [3.8, 4) is 0 Å². The fraction of sp³-hybridized carbons (Fsp3) is 0.500. The van der Waals surface area contributed by atoms with Gasteiger partial charge in [-0.05, 0) is 18.6 Å². The maximum atomic E-state index is 11.3. The molecule has 3 heteroatoms. The molecular weight excluding hydrogens is 214 g/mol. The zero-order valence-corrected chi connectivity index (χ0v) is 11.5. The van der Waals surface area contributed by atoms with Crippen LogP contribution in [0.4, 0.5) is 0 Å². The van der Waals surface area contributed by atoms with Crippen LogP contribution < -0.4 is 5.76 Å². The molecule has 0 saturated carbocycles. The van der Waals surface area contributed by atoms with Crippen molar-refractivity contribution in [2.45, 2.75) is 47.6 Å². The van der Waals surface area contributed by atoms with Gasteiger partial charge in [0, 0.05) is 6.54 Å². The van der Waals surface area contributed by atoms with Gasteiger partial charge in [-0.1, -0.05) is 46.8 Å². The van der Waals surface area contributed by atoms with Crippen LogP contribution in [0.1, 0.15) is 41.0 Å². The van der Waals surface area contributed by atoms with Crippen molar-refractivity contribution in [1.29, 1.82) is 0 Å². The number of oxazole rings is 1. The minimum Gasteiger partial charge on any atom is -0.408 e. The number of nitrogens with zero attached hydrogens (tertiary/aromatic N) is 1. The Balaban J connectivity index is 0.000000581. The van der Waals surface area contributed by atoms with Gasteiger partial charge in [0.2, 0.25) is 0 Å². The smallest absolute Gasteiger partial charge is 0.408 e. The van der Waals surface area contributed by atoms with Crippen LogP contribution in [0.5, 0.6) is 0 Å². The summed E-state index contributed by atoms with van der Waals surface area (Å²) in [5.41, 5.74) is 1.55. The van der Waals surface area contributed by atoms with E-state index in [2.05, 4.69) is 0 Å². The van der Waals surface area contributed by atoms with Crippen LogP contribution in [0.2, 0.25) is 0 Å². The Morgan fingerprint density at radius 2 is 1.71 bits per heavy atom. The lowest BCUT2D eigenvalue weighted by atomic mass is 10.3. The molecule has 0 atom stereocenters. The van der Waals surface area contributed by atoms with E-state index >= 15 is 0 Å². The van der Waals surface area contributed by atoms with E-state index in [1.807, 2.05) is 58.9 Å². The van der Waals surface area contributed by atoms with Gasteiger partial charge in [-0.3, -0.25) is 4.57 Å². The zero-order valence-electron chi connectivity index (χ0n) is 11.5. The summed E-state index contributed by atoms with van der Waals surface area (Å²) in [6.45, 7) is 10.8. The zero-order chi connectivity index (χ0) is 13.3. The maximum absolute atomic E-state index is 11.3. The number of hydrogen-bond donors (Lipinski definition) is 0. The van der Waals surface area contributed by atoms with E-state index in [1.54, 1.807) is 4.57 Å². The second kappa shape index (κ2) is 8.62. The minimum atomic E-state index is -0.261. The largest absolute Gasteiger partial charge is 0.419 e. The molecule has 0 N–H and O–H groups in total. The number of fused-ring (bicyclic) bond motifs is 1. The Labute approximate surface area is 103 Å². The fourth-order valence-corrected chi connectivity index (χ4v) is 1.45. The van der Waals surface area contributed by atoms with E-state index in [0.29, 0.717) is 5.58 Å². The van der Waals surface area contributed by atoms with Gasteiger partial charge in [0.1, 0.15) is 0 Å². The van der Waals surface area contributed by atoms with Gasteiger partial charge in [-0.15, -0.1) is 0 Å². The van der Waals surface area contributed by atoms with Crippen LogP contribution in [0.3, 0.4) is 0 Å². The van der Waals surface area contributed by atoms with Crippen LogP contribution in [0.25, 0.3) is 11.1 Å². The van der Waals surface area contributed by atoms with Gasteiger partial charge in [-0.25, -0.2) is 4.79 Å². The average Bonchev–Trinajstić information content (AvgIpc) is 2.72. The summed E-state index contributed by atoms with van der Waals surface area (Å²) in [6, 6.07) is 7.48. The summed E-state index contributed by atoms with van der Waals surface area (Å²) >= 11 is 0. The molecule has 0 spiro atoms. The molecule has 1 heterocycles. The molecule has 17 heavy (non-hydrogen) atoms. The monoisotopic (exact) mass is 237 g/mol. The fourth-order valence-electron chi connectivity index (χ4n) is 1.45. The first-order valence-corrected chi connectivity index (χ1v) is 6.41. The quantitative estimate of drug-likeness (QED) is 0.789. The number of rotatable bonds is 2. The topological polar surface area (TPSA) is 35.1 Å². The van der Waals surface area contributed by atoms with Gasteiger partial charge in [0.15, 0.2) is 5.58 Å². The Bertz CT molecular complexity index is 468. The lowest BCUT2D eigenvalue weighted by molar-refractivity contribution is 0.502. The van der Waals surface area contributed by atoms with Crippen molar-refractivity contribution in [3.05, 3.63) is 34.8 Å². The average molecular weight is 237 g/mol. The van der Waals surface area contributed by atoms with Crippen molar-refractivity contribution in [2.75, 3.05) is 0 Å². The molecule has 0 saturated heterocycles. The number of aromatic nitrogens is 1. The Morgan fingerprint density at radius 3 is 2.29 bits per heavy atom. The maximum Gasteiger partial charge on any atom is 0.419 e. The molecule has 1 aromatic carbocycles. The first kappa shape index (κ1) is 15.5. The highest BCUT2D eigenvalue weighted by Gasteiger charge is 2.05. The van der Waals surface area contributed by atoms with Gasteiger partial charge in [0.25, 0.3) is 0 Å². The first-order valence-electron chi connectivity index (χ1n) is 6.41. The summed E-state index contributed by atoms with van der Waals surface area (Å²) in [5.74, 6) is -0.261. The minimum absolute atomic E-state index is 0.261. The van der Waals surface area contributed by atoms with Crippen molar-refractivity contribution in [2.24, 2.45) is 0 Å². The van der Waals surface area contributed by atoms with Crippen LogP contribution in [0.15, 0.2) is 33.5 Å². The number of para-hydroxylation sites is 2. The molecule has 0 amide bonds. The van der Waals surface area contributed by atoms with E-state index < -0.39 is 0 Å². The SMILES string of the molecule is CC.CC.CCCn1c(=O)oc2ccccc21. The summed E-state index contributed by atoms with van der Waals surface area (Å²) in [5, 5.41) is 0. The molecule has 0 aliphatic rings. The molecule has 0 unspecified atom stereocenters. The molecule has 0 aliphatic carbocycles. The molecule has 3 nitrogen and oxygen atoms in total. The molecule has 2 rings (SSSR count). The molecule has 0 aliphatic heterocycles. The van der Waals surface area contributed by atoms with Crippen LogP contribution in [0, 0.1) is 0 Å². The van der Waals surface area contributed by atoms with Crippen molar-refractivity contribution < 1.29 is 4.42 Å². The Kier molecular flexibility index (Phi) is 7.85. The van der Waals surface area contributed by atoms with E-state index in [-0.39, 0.29) is 5.76 Å². The number of aryl methyl sites for hydroxylation is 1. The third-order valence-electron chi connectivity index (χ3n) is 2.02. The van der Waals surface area contributed by atoms with Crippen LogP contribution in [-0.4, -0.2) is 4.57 Å². The van der Waals surface area contributed by atoms with E-state index in [0.717, 1.165) is 18.5 Å². The second-order valence-corrected chi connectivity index (χ2v) is 2.99. The Hall–Kier alpha value is -1.51. The molecule has 0 fully saturated rings. The Morgan fingerprint density at radius 1 is 1.12 bits per heavy atom. The second-order valence-electron chi connectivity index (χ2n) is 2.99. The van der Waals surface area contributed by atoms with Crippen molar-refractivity contribution >= 4 is 11.1 Å². The highest BCUT2D eigenvalue weighted by Crippen LogP contribution is 2.11. The summed E-state index contributed by atoms with van der Waals surface area (Å²) in [4.78, 5) is 11.3. The molecule has 1 aromatic heterocycles. The van der Waals surface area contributed by atoms with Crippen LogP contribution >= 0.6 is 0 Å². The van der Waals surface area contributed by atoms with Crippen molar-refractivity contribution in [1.82, 2.24) is 4.57 Å². The standard InChI is InChI=1S/C10H11NO2.2C2H6/c1-2-7-11-8-5-3-4-6-9(8)13-10(11)12;2*1-2/h3-6H,2,7H2,1H3;2*1-2H3. The first-order chi connectivity index (χ1) is 8.33. The molecule has 96 valence electrons. The third kappa shape index (κ3) is 3.77. The highest BCUT2D eigenvalue weighted by atomic mass is 16.4. The normalized spacial score (nSPS) is 9.00. The van der Waals surface area contributed by atoms with Crippen LogP contribution in [-0.2, 0) is 6.54 Å². The molecular formula is C14H23NO2. The third-order valence-corrected chi connectivity index (χ3v) is 2.02.